The Morgan fingerprint density at radius 1 is 1.60 bits per heavy atom. The zero-order valence-corrected chi connectivity index (χ0v) is 12.4. The first-order chi connectivity index (χ1) is 9.58. The SMILES string of the molecule is CCCC(NC(=O)c1ccccn1)C1(C)CCCC1N. The second-order valence-corrected chi connectivity index (χ2v) is 6.03. The molecule has 0 spiro atoms. The van der Waals surface area contributed by atoms with Gasteiger partial charge in [-0.15, -0.1) is 0 Å². The van der Waals surface area contributed by atoms with Gasteiger partial charge in [-0.1, -0.05) is 32.8 Å². The highest BCUT2D eigenvalue weighted by Gasteiger charge is 2.43. The number of carbonyl (C=O) groups excluding carboxylic acids is 1. The molecule has 1 fully saturated rings. The van der Waals surface area contributed by atoms with Crippen molar-refractivity contribution in [1.82, 2.24) is 10.3 Å². The second-order valence-electron chi connectivity index (χ2n) is 6.03. The van der Waals surface area contributed by atoms with Gasteiger partial charge in [0.1, 0.15) is 5.69 Å². The van der Waals surface area contributed by atoms with Gasteiger partial charge in [0.15, 0.2) is 0 Å². The van der Waals surface area contributed by atoms with Crippen LogP contribution in [0.25, 0.3) is 0 Å². The van der Waals surface area contributed by atoms with Crippen LogP contribution in [0, 0.1) is 5.41 Å². The second kappa shape index (κ2) is 6.35. The number of pyridine rings is 1. The van der Waals surface area contributed by atoms with Crippen LogP contribution in [0.5, 0.6) is 0 Å². The maximum absolute atomic E-state index is 12.3. The summed E-state index contributed by atoms with van der Waals surface area (Å²) in [6.45, 7) is 4.35. The topological polar surface area (TPSA) is 68.0 Å². The maximum Gasteiger partial charge on any atom is 0.270 e. The average molecular weight is 275 g/mol. The fourth-order valence-electron chi connectivity index (χ4n) is 3.24. The molecule has 4 heteroatoms. The normalized spacial score (nSPS) is 27.2. The quantitative estimate of drug-likeness (QED) is 0.867. The summed E-state index contributed by atoms with van der Waals surface area (Å²) in [6, 6.07) is 5.69. The van der Waals surface area contributed by atoms with E-state index in [1.165, 1.54) is 0 Å². The fourth-order valence-corrected chi connectivity index (χ4v) is 3.24. The van der Waals surface area contributed by atoms with E-state index in [9.17, 15) is 4.79 Å². The van der Waals surface area contributed by atoms with Crippen molar-refractivity contribution in [3.05, 3.63) is 30.1 Å². The Bertz CT molecular complexity index is 448. The van der Waals surface area contributed by atoms with E-state index in [4.69, 9.17) is 5.73 Å². The lowest BCUT2D eigenvalue weighted by Gasteiger charge is -2.38. The monoisotopic (exact) mass is 275 g/mol. The molecule has 4 nitrogen and oxygen atoms in total. The van der Waals surface area contributed by atoms with Crippen LogP contribution >= 0.6 is 0 Å². The third-order valence-corrected chi connectivity index (χ3v) is 4.65. The molecule has 0 aliphatic heterocycles. The summed E-state index contributed by atoms with van der Waals surface area (Å²) in [4.78, 5) is 16.4. The Morgan fingerprint density at radius 3 is 2.95 bits per heavy atom. The van der Waals surface area contributed by atoms with Crippen molar-refractivity contribution < 1.29 is 4.79 Å². The zero-order valence-electron chi connectivity index (χ0n) is 12.4. The van der Waals surface area contributed by atoms with Gasteiger partial charge in [0.2, 0.25) is 0 Å². The Kier molecular flexibility index (Phi) is 4.76. The van der Waals surface area contributed by atoms with Crippen LogP contribution in [0.1, 0.15) is 56.4 Å². The molecule has 3 unspecified atom stereocenters. The molecule has 1 saturated carbocycles. The van der Waals surface area contributed by atoms with Crippen LogP contribution in [0.2, 0.25) is 0 Å². The van der Waals surface area contributed by atoms with E-state index in [0.717, 1.165) is 32.1 Å². The smallest absolute Gasteiger partial charge is 0.270 e. The van der Waals surface area contributed by atoms with Crippen LogP contribution < -0.4 is 11.1 Å². The van der Waals surface area contributed by atoms with Crippen molar-refractivity contribution in [3.8, 4) is 0 Å². The van der Waals surface area contributed by atoms with Gasteiger partial charge in [-0.25, -0.2) is 0 Å². The molecule has 3 atom stereocenters. The molecule has 0 bridgehead atoms. The summed E-state index contributed by atoms with van der Waals surface area (Å²) < 4.78 is 0. The van der Waals surface area contributed by atoms with Gasteiger partial charge in [-0.2, -0.15) is 0 Å². The van der Waals surface area contributed by atoms with Crippen molar-refractivity contribution >= 4 is 5.91 Å². The Balaban J connectivity index is 2.12. The standard InChI is InChI=1S/C16H25N3O/c1-3-7-14(16(2)10-6-9-13(16)17)19-15(20)12-8-4-5-11-18-12/h4-5,8,11,13-14H,3,6-7,9-10,17H2,1-2H3,(H,19,20). The summed E-state index contributed by atoms with van der Waals surface area (Å²) in [5.74, 6) is -0.0932. The summed E-state index contributed by atoms with van der Waals surface area (Å²) in [7, 11) is 0. The van der Waals surface area contributed by atoms with Crippen molar-refractivity contribution in [2.24, 2.45) is 11.1 Å². The summed E-state index contributed by atoms with van der Waals surface area (Å²) in [5.41, 5.74) is 6.77. The molecule has 1 aromatic rings. The third-order valence-electron chi connectivity index (χ3n) is 4.65. The molecular formula is C16H25N3O. The van der Waals surface area contributed by atoms with E-state index < -0.39 is 0 Å². The lowest BCUT2D eigenvalue weighted by molar-refractivity contribution is 0.0864. The predicted molar refractivity (Wildman–Crippen MR) is 80.3 cm³/mol. The highest BCUT2D eigenvalue weighted by atomic mass is 16.1. The molecule has 3 N–H and O–H groups in total. The highest BCUT2D eigenvalue weighted by Crippen LogP contribution is 2.41. The molecule has 1 aromatic heterocycles. The highest BCUT2D eigenvalue weighted by molar-refractivity contribution is 5.92. The van der Waals surface area contributed by atoms with Gasteiger partial charge in [-0.3, -0.25) is 9.78 Å². The first-order valence-corrected chi connectivity index (χ1v) is 7.55. The number of nitrogens with zero attached hydrogens (tertiary/aromatic N) is 1. The minimum Gasteiger partial charge on any atom is -0.347 e. The number of hydrogen-bond donors (Lipinski definition) is 2. The largest absolute Gasteiger partial charge is 0.347 e. The van der Waals surface area contributed by atoms with Gasteiger partial charge in [0.05, 0.1) is 0 Å². The molecule has 20 heavy (non-hydrogen) atoms. The van der Waals surface area contributed by atoms with E-state index in [0.29, 0.717) is 5.69 Å². The number of rotatable bonds is 5. The number of aromatic nitrogens is 1. The van der Waals surface area contributed by atoms with Crippen LogP contribution in [0.3, 0.4) is 0 Å². The Labute approximate surface area is 121 Å². The summed E-state index contributed by atoms with van der Waals surface area (Å²) in [6.07, 6.45) is 6.93. The molecule has 1 aliphatic rings. The zero-order chi connectivity index (χ0) is 14.6. The lowest BCUT2D eigenvalue weighted by atomic mass is 9.76. The number of carbonyl (C=O) groups is 1. The average Bonchev–Trinajstić information content (AvgIpc) is 2.80. The van der Waals surface area contributed by atoms with E-state index in [1.54, 1.807) is 12.3 Å². The van der Waals surface area contributed by atoms with E-state index >= 15 is 0 Å². The molecule has 110 valence electrons. The van der Waals surface area contributed by atoms with Gasteiger partial charge in [0.25, 0.3) is 5.91 Å². The minimum absolute atomic E-state index is 0.000447. The lowest BCUT2D eigenvalue weighted by Crippen LogP contribution is -2.52. The molecule has 1 heterocycles. The van der Waals surface area contributed by atoms with Gasteiger partial charge in [-0.05, 0) is 31.4 Å². The van der Waals surface area contributed by atoms with Crippen LogP contribution in [0.15, 0.2) is 24.4 Å². The molecular weight excluding hydrogens is 250 g/mol. The molecule has 1 amide bonds. The first-order valence-electron chi connectivity index (χ1n) is 7.55. The van der Waals surface area contributed by atoms with Crippen molar-refractivity contribution in [2.75, 3.05) is 0 Å². The van der Waals surface area contributed by atoms with Gasteiger partial charge in [0, 0.05) is 23.7 Å². The number of amides is 1. The number of nitrogens with one attached hydrogen (secondary N) is 1. The number of nitrogens with two attached hydrogens (primary N) is 1. The van der Waals surface area contributed by atoms with E-state index in [1.807, 2.05) is 12.1 Å². The van der Waals surface area contributed by atoms with Gasteiger partial charge >= 0.3 is 0 Å². The number of hydrogen-bond acceptors (Lipinski definition) is 3. The van der Waals surface area contributed by atoms with Crippen LogP contribution in [-0.2, 0) is 0 Å². The van der Waals surface area contributed by atoms with E-state index in [-0.39, 0.29) is 23.4 Å². The van der Waals surface area contributed by atoms with Crippen molar-refractivity contribution in [3.63, 3.8) is 0 Å². The maximum atomic E-state index is 12.3. The predicted octanol–water partition coefficient (Wildman–Crippen LogP) is 2.50. The summed E-state index contributed by atoms with van der Waals surface area (Å²) in [5, 5.41) is 3.17. The fraction of sp³-hybridized carbons (Fsp3) is 0.625. The Hall–Kier alpha value is -1.42. The molecule has 0 saturated heterocycles. The van der Waals surface area contributed by atoms with Crippen molar-refractivity contribution in [1.29, 1.82) is 0 Å². The first kappa shape index (κ1) is 15.0. The third kappa shape index (κ3) is 3.01. The molecule has 1 aliphatic carbocycles. The molecule has 2 rings (SSSR count). The van der Waals surface area contributed by atoms with Gasteiger partial charge < -0.3 is 11.1 Å². The Morgan fingerprint density at radius 2 is 2.40 bits per heavy atom. The van der Waals surface area contributed by atoms with Crippen LogP contribution in [0.4, 0.5) is 0 Å². The van der Waals surface area contributed by atoms with Crippen molar-refractivity contribution in [2.45, 2.75) is 58.0 Å². The summed E-state index contributed by atoms with van der Waals surface area (Å²) >= 11 is 0. The molecule has 0 aromatic carbocycles. The van der Waals surface area contributed by atoms with E-state index in [2.05, 4.69) is 24.1 Å². The molecule has 0 radical (unpaired) electrons. The minimum atomic E-state index is -0.0932. The van der Waals surface area contributed by atoms with Crippen LogP contribution in [-0.4, -0.2) is 23.0 Å².